The van der Waals surface area contributed by atoms with Crippen molar-refractivity contribution in [2.45, 2.75) is 86.9 Å². The second-order valence-corrected chi connectivity index (χ2v) is 17.0. The number of hydrogen-bond acceptors (Lipinski definition) is 9. The number of allylic oxidation sites excluding steroid dienone is 1. The lowest BCUT2D eigenvalue weighted by Gasteiger charge is -2.58. The van der Waals surface area contributed by atoms with Crippen LogP contribution in [0.2, 0.25) is 0 Å². The molecule has 1 fully saturated rings. The Morgan fingerprint density at radius 3 is 2.45 bits per heavy atom. The predicted molar refractivity (Wildman–Crippen MR) is 234 cm³/mol. The third-order valence-corrected chi connectivity index (χ3v) is 13.0. The van der Waals surface area contributed by atoms with Crippen molar-refractivity contribution in [3.05, 3.63) is 144 Å². The standard InChI is InChI=1S/C49H55FN2O7S/c1-3-27-57-49-46(60-39-22-19-37(20-23-39)51-33(2)55)30-44(52-58-31-34-13-5-4-6-14-34)41-28-35(15-9-11-25-53)40(17-10-12-26-54)47(48(41)49)42-29-38(21-24-45(42)59-49)56-32-36-16-7-8-18-43(36)50/h3-8,13-14,16,18-24,28-29,35,40,46-48,53-54H,1,9-12,15,17,25-27,30-32H2,2H3,(H,51,55). The zero-order valence-corrected chi connectivity index (χ0v) is 35.0. The van der Waals surface area contributed by atoms with Gasteiger partial charge in [0, 0.05) is 54.2 Å². The Labute approximate surface area is 356 Å². The number of aliphatic hydroxyl groups is 2. The van der Waals surface area contributed by atoms with Crippen molar-refractivity contribution in [2.75, 3.05) is 25.1 Å². The molecule has 0 aromatic heterocycles. The van der Waals surface area contributed by atoms with E-state index in [1.807, 2.05) is 72.8 Å². The van der Waals surface area contributed by atoms with Crippen molar-refractivity contribution < 1.29 is 38.4 Å². The number of anilines is 1. The number of carbonyl (C=O) groups excluding carboxylic acids is 1. The molecule has 7 rings (SSSR count). The van der Waals surface area contributed by atoms with Gasteiger partial charge in [-0.25, -0.2) is 4.39 Å². The lowest BCUT2D eigenvalue weighted by Crippen LogP contribution is -2.64. The van der Waals surface area contributed by atoms with E-state index in [0.717, 1.165) is 53.0 Å². The summed E-state index contributed by atoms with van der Waals surface area (Å²) >= 11 is 1.64. The van der Waals surface area contributed by atoms with Gasteiger partial charge in [-0.1, -0.05) is 78.7 Å². The highest BCUT2D eigenvalue weighted by Gasteiger charge is 2.64. The Bertz CT molecular complexity index is 2130. The number of benzene rings is 4. The number of ether oxygens (including phenoxy) is 3. The SMILES string of the molecule is C=CCOC12Oc3ccc(OCc4ccccc4F)cc3C3C(CCCCO)C(CCCCO)C=C(C(=NOCc4ccccc4)CC1Sc1ccc(NC(C)=O)cc1)C32. The van der Waals surface area contributed by atoms with Gasteiger partial charge in [0.2, 0.25) is 11.7 Å². The van der Waals surface area contributed by atoms with Crippen molar-refractivity contribution in [3.63, 3.8) is 0 Å². The summed E-state index contributed by atoms with van der Waals surface area (Å²) in [6.07, 6.45) is 9.32. The molecular weight excluding hydrogens is 780 g/mol. The first-order chi connectivity index (χ1) is 29.3. The van der Waals surface area contributed by atoms with E-state index in [9.17, 15) is 19.4 Å². The van der Waals surface area contributed by atoms with Gasteiger partial charge in [-0.2, -0.15) is 0 Å². The molecule has 0 saturated heterocycles. The number of thioether (sulfide) groups is 1. The maximum Gasteiger partial charge on any atom is 0.231 e. The van der Waals surface area contributed by atoms with Gasteiger partial charge in [-0.05, 0) is 97.2 Å². The number of aliphatic hydroxyl groups excluding tert-OH is 2. The minimum absolute atomic E-state index is 0.0661. The molecule has 4 aromatic carbocycles. The summed E-state index contributed by atoms with van der Waals surface area (Å²) in [5, 5.41) is 27.3. The normalized spacial score (nSPS) is 23.4. The van der Waals surface area contributed by atoms with Gasteiger partial charge in [-0.15, -0.1) is 18.3 Å². The van der Waals surface area contributed by atoms with E-state index in [0.29, 0.717) is 48.6 Å². The van der Waals surface area contributed by atoms with E-state index < -0.39 is 5.79 Å². The first kappa shape index (κ1) is 43.2. The summed E-state index contributed by atoms with van der Waals surface area (Å²) in [6, 6.07) is 30.2. The van der Waals surface area contributed by atoms with Crippen molar-refractivity contribution in [1.29, 1.82) is 0 Å². The quantitative estimate of drug-likeness (QED) is 0.0458. The topological polar surface area (TPSA) is 119 Å². The molecule has 60 heavy (non-hydrogen) atoms. The second-order valence-electron chi connectivity index (χ2n) is 15.7. The number of nitrogens with zero attached hydrogens (tertiary/aromatic N) is 1. The molecule has 0 bridgehead atoms. The van der Waals surface area contributed by atoms with Crippen LogP contribution in [0.3, 0.4) is 0 Å². The summed E-state index contributed by atoms with van der Waals surface area (Å²) < 4.78 is 35.4. The number of halogens is 1. The molecule has 11 heteroatoms. The van der Waals surface area contributed by atoms with Gasteiger partial charge in [0.15, 0.2) is 0 Å². The number of rotatable bonds is 20. The molecule has 2 aliphatic carbocycles. The highest BCUT2D eigenvalue weighted by molar-refractivity contribution is 8.00. The Hall–Kier alpha value is -4.94. The maximum atomic E-state index is 14.7. The van der Waals surface area contributed by atoms with Crippen LogP contribution in [-0.2, 0) is 27.6 Å². The Morgan fingerprint density at radius 1 is 0.967 bits per heavy atom. The van der Waals surface area contributed by atoms with Crippen LogP contribution in [0.1, 0.15) is 74.5 Å². The van der Waals surface area contributed by atoms with E-state index in [1.165, 1.54) is 13.0 Å². The second kappa shape index (κ2) is 20.5. The number of unbranched alkanes of at least 4 members (excludes halogenated alkanes) is 2. The Balaban J connectivity index is 1.37. The number of amides is 1. The summed E-state index contributed by atoms with van der Waals surface area (Å²) in [4.78, 5) is 19.0. The largest absolute Gasteiger partial charge is 0.489 e. The fraction of sp³-hybridized carbons (Fsp3) is 0.388. The van der Waals surface area contributed by atoms with Gasteiger partial charge >= 0.3 is 0 Å². The third-order valence-electron chi connectivity index (χ3n) is 11.7. The third kappa shape index (κ3) is 9.98. The molecule has 1 saturated carbocycles. The maximum absolute atomic E-state index is 14.7. The Morgan fingerprint density at radius 2 is 1.72 bits per heavy atom. The molecule has 0 spiro atoms. The van der Waals surface area contributed by atoms with Crippen molar-refractivity contribution in [1.82, 2.24) is 0 Å². The number of fused-ring (bicyclic) bond motifs is 2. The first-order valence-corrected chi connectivity index (χ1v) is 21.9. The summed E-state index contributed by atoms with van der Waals surface area (Å²) in [7, 11) is 0. The van der Waals surface area contributed by atoms with E-state index in [4.69, 9.17) is 24.2 Å². The van der Waals surface area contributed by atoms with E-state index in [1.54, 1.807) is 36.0 Å². The molecule has 1 aliphatic heterocycles. The van der Waals surface area contributed by atoms with Gasteiger partial charge in [0.1, 0.15) is 30.5 Å². The minimum Gasteiger partial charge on any atom is -0.489 e. The molecule has 6 unspecified atom stereocenters. The fourth-order valence-corrected chi connectivity index (χ4v) is 10.3. The average Bonchev–Trinajstić information content (AvgIpc) is 3.25. The van der Waals surface area contributed by atoms with Gasteiger partial charge in [0.05, 0.1) is 23.5 Å². The Kier molecular flexibility index (Phi) is 14.8. The van der Waals surface area contributed by atoms with E-state index in [2.05, 4.69) is 18.0 Å². The van der Waals surface area contributed by atoms with Crippen LogP contribution in [-0.4, -0.2) is 52.7 Å². The smallest absolute Gasteiger partial charge is 0.231 e. The average molecular weight is 835 g/mol. The van der Waals surface area contributed by atoms with Crippen molar-refractivity contribution in [3.8, 4) is 11.5 Å². The van der Waals surface area contributed by atoms with Crippen molar-refractivity contribution in [2.24, 2.45) is 22.9 Å². The van der Waals surface area contributed by atoms with Gasteiger partial charge in [-0.3, -0.25) is 4.79 Å². The molecule has 1 amide bonds. The molecule has 0 radical (unpaired) electrons. The summed E-state index contributed by atoms with van der Waals surface area (Å²) in [5.41, 5.74) is 5.00. The van der Waals surface area contributed by atoms with Crippen LogP contribution in [0.4, 0.5) is 10.1 Å². The van der Waals surface area contributed by atoms with Crippen LogP contribution in [0.5, 0.6) is 11.5 Å². The van der Waals surface area contributed by atoms with Crippen LogP contribution in [0, 0.1) is 23.6 Å². The monoisotopic (exact) mass is 834 g/mol. The summed E-state index contributed by atoms with van der Waals surface area (Å²) in [6.45, 7) is 6.35. The predicted octanol–water partition coefficient (Wildman–Crippen LogP) is 9.99. The highest BCUT2D eigenvalue weighted by Crippen LogP contribution is 2.63. The first-order valence-electron chi connectivity index (χ1n) is 21.0. The number of nitrogens with one attached hydrogen (secondary N) is 1. The minimum atomic E-state index is -1.18. The van der Waals surface area contributed by atoms with Gasteiger partial charge < -0.3 is 34.6 Å². The van der Waals surface area contributed by atoms with Crippen LogP contribution in [0.25, 0.3) is 0 Å². The fourth-order valence-electron chi connectivity index (χ4n) is 9.03. The molecule has 1 heterocycles. The van der Waals surface area contributed by atoms with E-state index >= 15 is 0 Å². The molecular formula is C49H55FN2O7S. The zero-order chi connectivity index (χ0) is 41.9. The number of carbonyl (C=O) groups is 1. The van der Waals surface area contributed by atoms with Crippen LogP contribution in [0.15, 0.2) is 131 Å². The number of hydrogen-bond donors (Lipinski definition) is 3. The van der Waals surface area contributed by atoms with Crippen molar-refractivity contribution >= 4 is 29.1 Å². The molecule has 9 nitrogen and oxygen atoms in total. The van der Waals surface area contributed by atoms with E-state index in [-0.39, 0.29) is 67.1 Å². The summed E-state index contributed by atoms with van der Waals surface area (Å²) in [5.74, 6) is -0.625. The molecule has 3 N–H and O–H groups in total. The molecule has 3 aliphatic rings. The van der Waals surface area contributed by atoms with Crippen LogP contribution >= 0.6 is 11.8 Å². The molecule has 4 aromatic rings. The van der Waals surface area contributed by atoms with Crippen LogP contribution < -0.4 is 14.8 Å². The molecule has 6 atom stereocenters. The highest BCUT2D eigenvalue weighted by atomic mass is 32.2. The zero-order valence-electron chi connectivity index (χ0n) is 34.1. The lowest BCUT2D eigenvalue weighted by atomic mass is 9.56. The lowest BCUT2D eigenvalue weighted by molar-refractivity contribution is -0.223. The van der Waals surface area contributed by atoms with Gasteiger partial charge in [0.25, 0.3) is 0 Å². The molecule has 316 valence electrons. The number of oxime groups is 1.